The van der Waals surface area contributed by atoms with Crippen LogP contribution >= 0.6 is 0 Å². The molecule has 0 saturated carbocycles. The van der Waals surface area contributed by atoms with Crippen molar-refractivity contribution in [2.24, 2.45) is 0 Å². The molecule has 0 spiro atoms. The fourth-order valence-electron chi connectivity index (χ4n) is 2.15. The van der Waals surface area contributed by atoms with Gasteiger partial charge in [-0.05, 0) is 41.8 Å². The van der Waals surface area contributed by atoms with Crippen LogP contribution in [0.5, 0.6) is 5.75 Å². The summed E-state index contributed by atoms with van der Waals surface area (Å²) in [7, 11) is 1.57. The molecule has 22 heavy (non-hydrogen) atoms. The Hall–Kier alpha value is -2.75. The maximum atomic E-state index is 12.0. The highest BCUT2D eigenvalue weighted by Crippen LogP contribution is 2.22. The number of anilines is 2. The number of carbonyl (C=O) groups is 1. The maximum absolute atomic E-state index is 12.0. The number of rotatable bonds is 5. The Kier molecular flexibility index (Phi) is 5.20. The number of aryl methyl sites for hydroxylation is 1. The van der Waals surface area contributed by atoms with Gasteiger partial charge in [0.25, 0.3) is 0 Å². The lowest BCUT2D eigenvalue weighted by Gasteiger charge is -2.07. The monoisotopic (exact) mass is 296 g/mol. The summed E-state index contributed by atoms with van der Waals surface area (Å²) in [5.41, 5.74) is 9.18. The first-order valence-corrected chi connectivity index (χ1v) is 7.14. The first kappa shape index (κ1) is 15.6. The normalized spacial score (nSPS) is 10.6. The number of benzene rings is 2. The van der Waals surface area contributed by atoms with Crippen LogP contribution in [-0.4, -0.2) is 13.0 Å². The Morgan fingerprint density at radius 1 is 1.27 bits per heavy atom. The van der Waals surface area contributed by atoms with E-state index in [0.29, 0.717) is 11.4 Å². The highest BCUT2D eigenvalue weighted by Gasteiger charge is 2.03. The molecular formula is C18H20N2O2. The van der Waals surface area contributed by atoms with Gasteiger partial charge in [0.1, 0.15) is 5.75 Å². The average molecular weight is 296 g/mol. The van der Waals surface area contributed by atoms with Crippen molar-refractivity contribution >= 4 is 23.4 Å². The smallest absolute Gasteiger partial charge is 0.248 e. The Bertz CT molecular complexity index is 693. The molecule has 0 heterocycles. The molecule has 0 unspecified atom stereocenters. The molecule has 4 nitrogen and oxygen atoms in total. The summed E-state index contributed by atoms with van der Waals surface area (Å²) in [4.78, 5) is 12.0. The number of nitrogens with two attached hydrogens (primary N) is 1. The summed E-state index contributed by atoms with van der Waals surface area (Å²) in [6.07, 6.45) is 4.09. The summed E-state index contributed by atoms with van der Waals surface area (Å²) >= 11 is 0. The van der Waals surface area contributed by atoms with Gasteiger partial charge in [-0.3, -0.25) is 4.79 Å². The van der Waals surface area contributed by atoms with Crippen LogP contribution in [0.4, 0.5) is 11.4 Å². The zero-order valence-electron chi connectivity index (χ0n) is 12.8. The van der Waals surface area contributed by atoms with Crippen LogP contribution in [0.25, 0.3) is 6.08 Å². The number of nitrogen functional groups attached to an aromatic ring is 1. The summed E-state index contributed by atoms with van der Waals surface area (Å²) in [5, 5.41) is 2.89. The number of nitrogens with one attached hydrogen (secondary N) is 1. The largest absolute Gasteiger partial charge is 0.495 e. The van der Waals surface area contributed by atoms with Crippen molar-refractivity contribution in [3.63, 3.8) is 0 Å². The number of para-hydroxylation sites is 1. The zero-order valence-corrected chi connectivity index (χ0v) is 12.8. The van der Waals surface area contributed by atoms with E-state index in [1.807, 2.05) is 30.3 Å². The van der Waals surface area contributed by atoms with Gasteiger partial charge in [-0.25, -0.2) is 0 Å². The molecule has 0 aliphatic carbocycles. The Morgan fingerprint density at radius 3 is 2.73 bits per heavy atom. The molecule has 0 bridgehead atoms. The second kappa shape index (κ2) is 7.31. The third-order valence-electron chi connectivity index (χ3n) is 3.34. The fourth-order valence-corrected chi connectivity index (χ4v) is 2.15. The number of amides is 1. The molecule has 0 fully saturated rings. The number of hydrogen-bond acceptors (Lipinski definition) is 3. The molecule has 0 saturated heterocycles. The van der Waals surface area contributed by atoms with Crippen LogP contribution < -0.4 is 15.8 Å². The van der Waals surface area contributed by atoms with E-state index in [1.54, 1.807) is 25.3 Å². The van der Waals surface area contributed by atoms with E-state index in [-0.39, 0.29) is 5.91 Å². The second-order valence-corrected chi connectivity index (χ2v) is 4.83. The lowest BCUT2D eigenvalue weighted by Crippen LogP contribution is -2.09. The lowest BCUT2D eigenvalue weighted by molar-refractivity contribution is -0.111. The van der Waals surface area contributed by atoms with Crippen molar-refractivity contribution in [3.05, 3.63) is 59.7 Å². The quantitative estimate of drug-likeness (QED) is 0.655. The van der Waals surface area contributed by atoms with E-state index in [1.165, 1.54) is 6.08 Å². The Labute approximate surface area is 130 Å². The van der Waals surface area contributed by atoms with Crippen LogP contribution in [0.2, 0.25) is 0 Å². The average Bonchev–Trinajstić information content (AvgIpc) is 2.53. The molecule has 0 aromatic heterocycles. The molecule has 2 aromatic carbocycles. The predicted molar refractivity (Wildman–Crippen MR) is 90.9 cm³/mol. The van der Waals surface area contributed by atoms with Crippen LogP contribution in [0, 0.1) is 0 Å². The second-order valence-electron chi connectivity index (χ2n) is 4.83. The summed E-state index contributed by atoms with van der Waals surface area (Å²) in [6.45, 7) is 2.06. The van der Waals surface area contributed by atoms with Crippen LogP contribution in [-0.2, 0) is 11.2 Å². The van der Waals surface area contributed by atoms with Gasteiger partial charge < -0.3 is 15.8 Å². The molecular weight excluding hydrogens is 276 g/mol. The van der Waals surface area contributed by atoms with E-state index in [4.69, 9.17) is 10.5 Å². The third kappa shape index (κ3) is 3.88. The Morgan fingerprint density at radius 2 is 2.05 bits per heavy atom. The number of carbonyl (C=O) groups excluding carboxylic acids is 1. The fraction of sp³-hybridized carbons (Fsp3) is 0.167. The van der Waals surface area contributed by atoms with E-state index in [2.05, 4.69) is 12.2 Å². The van der Waals surface area contributed by atoms with E-state index < -0.39 is 0 Å². The number of methoxy groups -OCH3 is 1. The van der Waals surface area contributed by atoms with E-state index >= 15 is 0 Å². The zero-order chi connectivity index (χ0) is 15.9. The van der Waals surface area contributed by atoms with Crippen molar-refractivity contribution < 1.29 is 9.53 Å². The summed E-state index contributed by atoms with van der Waals surface area (Å²) < 4.78 is 5.10. The van der Waals surface area contributed by atoms with Crippen LogP contribution in [0.15, 0.2) is 48.5 Å². The van der Waals surface area contributed by atoms with Crippen molar-refractivity contribution in [3.8, 4) is 5.75 Å². The van der Waals surface area contributed by atoms with Gasteiger partial charge in [-0.1, -0.05) is 31.2 Å². The summed E-state index contributed by atoms with van der Waals surface area (Å²) in [6, 6.07) is 13.2. The van der Waals surface area contributed by atoms with Crippen molar-refractivity contribution in [1.82, 2.24) is 0 Å². The van der Waals surface area contributed by atoms with Crippen LogP contribution in [0.1, 0.15) is 18.1 Å². The van der Waals surface area contributed by atoms with Crippen molar-refractivity contribution in [2.45, 2.75) is 13.3 Å². The predicted octanol–water partition coefficient (Wildman–Crippen LogP) is 3.49. The number of ether oxygens (including phenoxy) is 1. The third-order valence-corrected chi connectivity index (χ3v) is 3.34. The lowest BCUT2D eigenvalue weighted by atomic mass is 10.1. The van der Waals surface area contributed by atoms with Gasteiger partial charge in [0.05, 0.1) is 12.8 Å². The highest BCUT2D eigenvalue weighted by atomic mass is 16.5. The molecule has 2 aromatic rings. The minimum atomic E-state index is -0.171. The topological polar surface area (TPSA) is 64.3 Å². The molecule has 0 aliphatic rings. The van der Waals surface area contributed by atoms with Gasteiger partial charge in [0.2, 0.25) is 5.91 Å². The molecule has 0 radical (unpaired) electrons. The van der Waals surface area contributed by atoms with E-state index in [0.717, 1.165) is 23.2 Å². The molecule has 114 valence electrons. The first-order chi connectivity index (χ1) is 10.6. The minimum Gasteiger partial charge on any atom is -0.495 e. The minimum absolute atomic E-state index is 0.171. The van der Waals surface area contributed by atoms with Crippen LogP contribution in [0.3, 0.4) is 0 Å². The Balaban J connectivity index is 2.07. The van der Waals surface area contributed by atoms with Gasteiger partial charge in [-0.2, -0.15) is 0 Å². The van der Waals surface area contributed by atoms with Gasteiger partial charge in [0, 0.05) is 11.8 Å². The first-order valence-electron chi connectivity index (χ1n) is 7.14. The maximum Gasteiger partial charge on any atom is 0.248 e. The SMILES string of the molecule is CCc1ccccc1NC(=O)/C=C/c1ccc(OC)c(N)c1. The molecule has 2 rings (SSSR count). The molecule has 4 heteroatoms. The van der Waals surface area contributed by atoms with Crippen molar-refractivity contribution in [2.75, 3.05) is 18.2 Å². The summed E-state index contributed by atoms with van der Waals surface area (Å²) in [5.74, 6) is 0.453. The molecule has 0 aliphatic heterocycles. The molecule has 0 atom stereocenters. The van der Waals surface area contributed by atoms with Gasteiger partial charge in [-0.15, -0.1) is 0 Å². The van der Waals surface area contributed by atoms with Crippen molar-refractivity contribution in [1.29, 1.82) is 0 Å². The highest BCUT2D eigenvalue weighted by molar-refractivity contribution is 6.02. The molecule has 3 N–H and O–H groups in total. The van der Waals surface area contributed by atoms with Gasteiger partial charge >= 0.3 is 0 Å². The molecule has 1 amide bonds. The van der Waals surface area contributed by atoms with E-state index in [9.17, 15) is 4.79 Å². The number of hydrogen-bond donors (Lipinski definition) is 2. The standard InChI is InChI=1S/C18H20N2O2/c1-3-14-6-4-5-7-16(14)20-18(21)11-9-13-8-10-17(22-2)15(19)12-13/h4-12H,3,19H2,1-2H3,(H,20,21)/b11-9+. The van der Waals surface area contributed by atoms with Gasteiger partial charge in [0.15, 0.2) is 0 Å².